The number of benzene rings is 4. The predicted octanol–water partition coefficient (Wildman–Crippen LogP) is 11.3. The van der Waals surface area contributed by atoms with Gasteiger partial charge >= 0.3 is 0 Å². The Morgan fingerprint density at radius 2 is 1.44 bits per heavy atom. The fourth-order valence-corrected chi connectivity index (χ4v) is 7.30. The molecule has 0 N–H and O–H groups in total. The van der Waals surface area contributed by atoms with Crippen LogP contribution in [0.3, 0.4) is 0 Å². The Morgan fingerprint density at radius 1 is 0.667 bits per heavy atom. The van der Waals surface area contributed by atoms with Crippen molar-refractivity contribution >= 4 is 44.7 Å². The second-order valence-electron chi connectivity index (χ2n) is 14.5. The van der Waals surface area contributed by atoms with Crippen molar-refractivity contribution in [2.24, 2.45) is 0 Å². The molecule has 5 heterocycles. The Kier molecular flexibility index (Phi) is 9.07. The molecule has 0 fully saturated rings. The van der Waals surface area contributed by atoms with Crippen molar-refractivity contribution in [3.63, 3.8) is 0 Å². The molecule has 0 radical (unpaired) electrons. The maximum absolute atomic E-state index is 6.52. The summed E-state index contributed by atoms with van der Waals surface area (Å²) in [6.07, 6.45) is 5.55. The van der Waals surface area contributed by atoms with Gasteiger partial charge in [0.25, 0.3) is 0 Å². The molecule has 9 rings (SSSR count). The summed E-state index contributed by atoms with van der Waals surface area (Å²) in [6, 6.07) is 44.2. The van der Waals surface area contributed by atoms with Gasteiger partial charge in [0, 0.05) is 67.9 Å². The number of anilines is 4. The second kappa shape index (κ2) is 13.9. The first-order chi connectivity index (χ1) is 25.7. The zero-order valence-corrected chi connectivity index (χ0v) is 32.9. The van der Waals surface area contributed by atoms with Crippen LogP contribution in [0.15, 0.2) is 128 Å². The van der Waals surface area contributed by atoms with E-state index in [1.165, 1.54) is 5.56 Å². The molecule has 270 valence electrons. The Balaban J connectivity index is 0.00000413. The molecule has 1 aliphatic heterocycles. The van der Waals surface area contributed by atoms with Crippen LogP contribution >= 0.6 is 0 Å². The third kappa shape index (κ3) is 6.22. The number of aryl methyl sites for hydroxylation is 2. The third-order valence-corrected chi connectivity index (χ3v) is 9.81. The number of aromatic nitrogens is 4. The Bertz CT molecular complexity index is 2640. The standard InChI is InChI=1S/C46H37N6O.Pt/c1-30-24-32(39-15-8-9-21-47-39)25-31(2)44(30)51-29-50(41-17-11-22-49-45(41)51)34-12-10-13-35(27-34)53-36-18-19-38-37-14-6-7-16-40(37)52(42(38)28-36)43-26-33(20-23-48-43)46(3,4)5;/h6-26,29H,1-5H3;/q-3;. The summed E-state index contributed by atoms with van der Waals surface area (Å²) in [7, 11) is 0. The molecule has 4 aromatic carbocycles. The van der Waals surface area contributed by atoms with Crippen molar-refractivity contribution in [3.8, 4) is 28.6 Å². The van der Waals surface area contributed by atoms with Gasteiger partial charge in [0.2, 0.25) is 0 Å². The van der Waals surface area contributed by atoms with E-state index in [0.717, 1.165) is 72.9 Å². The van der Waals surface area contributed by atoms with Crippen LogP contribution in [0.4, 0.5) is 22.9 Å². The zero-order chi connectivity index (χ0) is 36.3. The number of rotatable bonds is 6. The minimum Gasteiger partial charge on any atom is -0.509 e. The molecule has 0 aliphatic carbocycles. The van der Waals surface area contributed by atoms with Gasteiger partial charge in [-0.3, -0.25) is 4.98 Å². The van der Waals surface area contributed by atoms with Crippen LogP contribution in [0.1, 0.15) is 37.5 Å². The molecule has 0 saturated carbocycles. The fourth-order valence-electron chi connectivity index (χ4n) is 7.30. The van der Waals surface area contributed by atoms with Crippen molar-refractivity contribution in [1.82, 2.24) is 19.5 Å². The van der Waals surface area contributed by atoms with Gasteiger partial charge in [-0.15, -0.1) is 48.1 Å². The number of hydrogen-bond donors (Lipinski definition) is 0. The van der Waals surface area contributed by atoms with E-state index in [1.807, 2.05) is 67.1 Å². The van der Waals surface area contributed by atoms with Gasteiger partial charge in [-0.1, -0.05) is 50.6 Å². The quantitative estimate of drug-likeness (QED) is 0.155. The van der Waals surface area contributed by atoms with Gasteiger partial charge in [-0.2, -0.15) is 12.1 Å². The van der Waals surface area contributed by atoms with Crippen LogP contribution in [-0.4, -0.2) is 19.5 Å². The maximum atomic E-state index is 6.52. The molecule has 4 aromatic heterocycles. The normalized spacial score (nSPS) is 12.6. The number of ether oxygens (including phenoxy) is 1. The first kappa shape index (κ1) is 35.3. The first-order valence-electron chi connectivity index (χ1n) is 17.8. The van der Waals surface area contributed by atoms with Crippen molar-refractivity contribution in [2.75, 3.05) is 9.80 Å². The average molecular weight is 885 g/mol. The summed E-state index contributed by atoms with van der Waals surface area (Å²) in [6.45, 7) is 13.0. The molecule has 8 aromatic rings. The van der Waals surface area contributed by atoms with Gasteiger partial charge in [0.15, 0.2) is 0 Å². The van der Waals surface area contributed by atoms with Gasteiger partial charge in [0.1, 0.15) is 11.6 Å². The topological polar surface area (TPSA) is 59.3 Å². The number of fused-ring (bicyclic) bond motifs is 4. The van der Waals surface area contributed by atoms with E-state index in [1.54, 1.807) is 0 Å². The van der Waals surface area contributed by atoms with E-state index in [-0.39, 0.29) is 26.5 Å². The first-order valence-corrected chi connectivity index (χ1v) is 17.8. The van der Waals surface area contributed by atoms with Gasteiger partial charge < -0.3 is 19.1 Å². The van der Waals surface area contributed by atoms with E-state index in [0.29, 0.717) is 11.5 Å². The maximum Gasteiger partial charge on any atom is 0.135 e. The molecular formula is C46H37N6OPt-3. The van der Waals surface area contributed by atoms with E-state index in [2.05, 4.69) is 133 Å². The van der Waals surface area contributed by atoms with Crippen molar-refractivity contribution < 1.29 is 25.8 Å². The van der Waals surface area contributed by atoms with Gasteiger partial charge in [0.05, 0.1) is 11.4 Å². The van der Waals surface area contributed by atoms with Crippen molar-refractivity contribution in [3.05, 3.63) is 163 Å². The molecule has 1 aliphatic rings. The molecule has 0 amide bonds. The van der Waals surface area contributed by atoms with E-state index >= 15 is 0 Å². The largest absolute Gasteiger partial charge is 0.509 e. The molecule has 0 unspecified atom stereocenters. The summed E-state index contributed by atoms with van der Waals surface area (Å²) >= 11 is 0. The molecule has 0 bridgehead atoms. The SMILES string of the molecule is Cc1cc(-c2ccccn2)cc(C)c1N1[CH-]N(c2[c-]c(Oc3[c-]c4c(cc3)c3ccccc3n4-c3cc(C(C)(C)C)ccn3)ccc2)c2cccnc21.[Pt]. The van der Waals surface area contributed by atoms with Crippen LogP contribution in [-0.2, 0) is 26.5 Å². The van der Waals surface area contributed by atoms with E-state index < -0.39 is 0 Å². The van der Waals surface area contributed by atoms with Crippen LogP contribution in [0.25, 0.3) is 38.9 Å². The smallest absolute Gasteiger partial charge is 0.135 e. The van der Waals surface area contributed by atoms with Crippen LogP contribution in [0.2, 0.25) is 0 Å². The Labute approximate surface area is 330 Å². The molecule has 8 heteroatoms. The summed E-state index contributed by atoms with van der Waals surface area (Å²) in [4.78, 5) is 18.5. The van der Waals surface area contributed by atoms with Crippen LogP contribution < -0.4 is 14.5 Å². The minimum atomic E-state index is -0.0158. The monoisotopic (exact) mass is 884 g/mol. The minimum absolute atomic E-state index is 0. The molecule has 0 spiro atoms. The summed E-state index contributed by atoms with van der Waals surface area (Å²) in [5.41, 5.74) is 10.3. The number of para-hydroxylation sites is 1. The molecule has 7 nitrogen and oxygen atoms in total. The summed E-state index contributed by atoms with van der Waals surface area (Å²) in [5, 5.41) is 2.23. The fraction of sp³-hybridized carbons (Fsp3) is 0.130. The van der Waals surface area contributed by atoms with Crippen LogP contribution in [0, 0.1) is 32.6 Å². The Morgan fingerprint density at radius 3 is 2.24 bits per heavy atom. The molecule has 0 atom stereocenters. The predicted molar refractivity (Wildman–Crippen MR) is 213 cm³/mol. The van der Waals surface area contributed by atoms with Crippen LogP contribution in [0.5, 0.6) is 11.5 Å². The Hall–Kier alpha value is -5.78. The van der Waals surface area contributed by atoms with E-state index in [9.17, 15) is 0 Å². The molecular weight excluding hydrogens is 848 g/mol. The number of nitrogens with zero attached hydrogens (tertiary/aromatic N) is 6. The van der Waals surface area contributed by atoms with Crippen molar-refractivity contribution in [1.29, 1.82) is 0 Å². The van der Waals surface area contributed by atoms with E-state index in [4.69, 9.17) is 14.7 Å². The van der Waals surface area contributed by atoms with Crippen molar-refractivity contribution in [2.45, 2.75) is 40.0 Å². The zero-order valence-electron chi connectivity index (χ0n) is 30.6. The second-order valence-corrected chi connectivity index (χ2v) is 14.5. The summed E-state index contributed by atoms with van der Waals surface area (Å²) < 4.78 is 8.70. The van der Waals surface area contributed by atoms with Gasteiger partial charge in [-0.05, 0) is 95.9 Å². The number of hydrogen-bond acceptors (Lipinski definition) is 6. The molecule has 54 heavy (non-hydrogen) atoms. The average Bonchev–Trinajstić information content (AvgIpc) is 3.71. The van der Waals surface area contributed by atoms with Gasteiger partial charge in [-0.25, -0.2) is 9.97 Å². The summed E-state index contributed by atoms with van der Waals surface area (Å²) in [5.74, 6) is 2.87. The third-order valence-electron chi connectivity index (χ3n) is 9.81. The number of pyridine rings is 3. The molecule has 0 saturated heterocycles.